The minimum Gasteiger partial charge on any atom is -0.457 e. The molecular formula is C21H16FNO4. The van der Waals surface area contributed by atoms with Crippen molar-refractivity contribution in [2.75, 3.05) is 11.9 Å². The van der Waals surface area contributed by atoms with E-state index in [1.54, 1.807) is 24.3 Å². The van der Waals surface area contributed by atoms with Crippen LogP contribution in [0.1, 0.15) is 10.4 Å². The van der Waals surface area contributed by atoms with Gasteiger partial charge >= 0.3 is 5.97 Å². The number of benzene rings is 3. The fourth-order valence-corrected chi connectivity index (χ4v) is 2.23. The molecule has 136 valence electrons. The summed E-state index contributed by atoms with van der Waals surface area (Å²) in [7, 11) is 0. The van der Waals surface area contributed by atoms with E-state index in [4.69, 9.17) is 9.47 Å². The summed E-state index contributed by atoms with van der Waals surface area (Å²) in [6.07, 6.45) is 0. The first kappa shape index (κ1) is 18.1. The largest absolute Gasteiger partial charge is 0.457 e. The molecule has 0 bridgehead atoms. The second-order valence-electron chi connectivity index (χ2n) is 5.57. The fraction of sp³-hybridized carbons (Fsp3) is 0.0476. The van der Waals surface area contributed by atoms with Crippen molar-refractivity contribution in [1.82, 2.24) is 0 Å². The predicted molar refractivity (Wildman–Crippen MR) is 98.3 cm³/mol. The van der Waals surface area contributed by atoms with Crippen LogP contribution in [0, 0.1) is 5.82 Å². The van der Waals surface area contributed by atoms with Gasteiger partial charge in [-0.2, -0.15) is 0 Å². The number of amides is 1. The van der Waals surface area contributed by atoms with Crippen LogP contribution < -0.4 is 10.1 Å². The molecule has 3 aromatic carbocycles. The van der Waals surface area contributed by atoms with E-state index in [1.807, 2.05) is 30.3 Å². The summed E-state index contributed by atoms with van der Waals surface area (Å²) in [5.74, 6) is -0.299. The van der Waals surface area contributed by atoms with Gasteiger partial charge in [0.2, 0.25) is 0 Å². The summed E-state index contributed by atoms with van der Waals surface area (Å²) in [6.45, 7) is -0.446. The van der Waals surface area contributed by atoms with Gasteiger partial charge in [0.05, 0.1) is 5.56 Å². The van der Waals surface area contributed by atoms with Gasteiger partial charge in [-0.05, 0) is 60.7 Å². The molecule has 5 nitrogen and oxygen atoms in total. The Morgan fingerprint density at radius 3 is 2.11 bits per heavy atom. The van der Waals surface area contributed by atoms with Gasteiger partial charge < -0.3 is 14.8 Å². The molecule has 0 saturated heterocycles. The van der Waals surface area contributed by atoms with Crippen molar-refractivity contribution in [3.63, 3.8) is 0 Å². The molecule has 3 rings (SSSR count). The van der Waals surface area contributed by atoms with Gasteiger partial charge in [0.15, 0.2) is 6.61 Å². The number of halogens is 1. The van der Waals surface area contributed by atoms with E-state index in [9.17, 15) is 14.0 Å². The van der Waals surface area contributed by atoms with Crippen molar-refractivity contribution in [2.45, 2.75) is 0 Å². The molecule has 27 heavy (non-hydrogen) atoms. The summed E-state index contributed by atoms with van der Waals surface area (Å²) in [5.41, 5.74) is 0.713. The number of nitrogens with one attached hydrogen (secondary N) is 1. The first-order valence-corrected chi connectivity index (χ1v) is 8.16. The third-order valence-corrected chi connectivity index (χ3v) is 3.53. The number of hydrogen-bond acceptors (Lipinski definition) is 4. The van der Waals surface area contributed by atoms with Crippen LogP contribution in [0.3, 0.4) is 0 Å². The van der Waals surface area contributed by atoms with Crippen LogP contribution in [0.4, 0.5) is 10.1 Å². The topological polar surface area (TPSA) is 64.6 Å². The molecule has 0 fully saturated rings. The van der Waals surface area contributed by atoms with Gasteiger partial charge in [-0.1, -0.05) is 18.2 Å². The first-order chi connectivity index (χ1) is 13.1. The highest BCUT2D eigenvalue weighted by atomic mass is 19.1. The molecule has 0 spiro atoms. The van der Waals surface area contributed by atoms with Crippen LogP contribution in [0.15, 0.2) is 78.9 Å². The standard InChI is InChI=1S/C21H16FNO4/c22-16-8-6-15(7-9-16)21(25)26-14-20(24)23-17-10-12-19(13-11-17)27-18-4-2-1-3-5-18/h1-13H,14H2,(H,23,24). The highest BCUT2D eigenvalue weighted by Gasteiger charge is 2.10. The third-order valence-electron chi connectivity index (χ3n) is 3.53. The van der Waals surface area contributed by atoms with Crippen LogP contribution in [-0.4, -0.2) is 18.5 Å². The molecule has 3 aromatic rings. The number of hydrogen-bond donors (Lipinski definition) is 1. The number of carbonyl (C=O) groups is 2. The number of esters is 1. The fourth-order valence-electron chi connectivity index (χ4n) is 2.23. The second-order valence-corrected chi connectivity index (χ2v) is 5.57. The number of carbonyl (C=O) groups excluding carboxylic acids is 2. The Labute approximate surface area is 155 Å². The lowest BCUT2D eigenvalue weighted by atomic mass is 10.2. The molecule has 1 N–H and O–H groups in total. The molecule has 1 amide bonds. The Kier molecular flexibility index (Phi) is 5.79. The molecule has 0 unspecified atom stereocenters. The minimum absolute atomic E-state index is 0.173. The first-order valence-electron chi connectivity index (χ1n) is 8.16. The van der Waals surface area contributed by atoms with E-state index >= 15 is 0 Å². The minimum atomic E-state index is -0.697. The van der Waals surface area contributed by atoms with Crippen LogP contribution in [0.25, 0.3) is 0 Å². The Balaban J connectivity index is 1.49. The summed E-state index contributed by atoms with van der Waals surface area (Å²) in [4.78, 5) is 23.7. The van der Waals surface area contributed by atoms with E-state index in [-0.39, 0.29) is 5.56 Å². The lowest BCUT2D eigenvalue weighted by molar-refractivity contribution is -0.119. The molecule has 0 aliphatic carbocycles. The van der Waals surface area contributed by atoms with Gasteiger partial charge in [-0.25, -0.2) is 9.18 Å². The van der Waals surface area contributed by atoms with Crippen molar-refractivity contribution in [2.24, 2.45) is 0 Å². The molecule has 0 heterocycles. The molecule has 6 heteroatoms. The molecule has 0 saturated carbocycles. The highest BCUT2D eigenvalue weighted by molar-refractivity contribution is 5.95. The molecule has 0 aliphatic rings. The second kappa shape index (κ2) is 8.62. The highest BCUT2D eigenvalue weighted by Crippen LogP contribution is 2.22. The maximum atomic E-state index is 12.8. The van der Waals surface area contributed by atoms with Crippen molar-refractivity contribution in [1.29, 1.82) is 0 Å². The van der Waals surface area contributed by atoms with E-state index in [0.29, 0.717) is 17.2 Å². The Hall–Kier alpha value is -3.67. The van der Waals surface area contributed by atoms with E-state index in [2.05, 4.69) is 5.32 Å². The Morgan fingerprint density at radius 1 is 0.815 bits per heavy atom. The average Bonchev–Trinajstić information content (AvgIpc) is 2.69. The van der Waals surface area contributed by atoms with Crippen molar-refractivity contribution < 1.29 is 23.5 Å². The monoisotopic (exact) mass is 365 g/mol. The van der Waals surface area contributed by atoms with Crippen LogP contribution >= 0.6 is 0 Å². The normalized spacial score (nSPS) is 10.1. The number of anilines is 1. The molecule has 0 aromatic heterocycles. The average molecular weight is 365 g/mol. The van der Waals surface area contributed by atoms with Crippen LogP contribution in [0.2, 0.25) is 0 Å². The summed E-state index contributed by atoms with van der Waals surface area (Å²) in [5, 5.41) is 2.62. The van der Waals surface area contributed by atoms with Gasteiger partial charge in [0, 0.05) is 5.69 Å². The molecule has 0 radical (unpaired) electrons. The number of ether oxygens (including phenoxy) is 2. The summed E-state index contributed by atoms with van der Waals surface area (Å²) < 4.78 is 23.4. The maximum Gasteiger partial charge on any atom is 0.338 e. The zero-order chi connectivity index (χ0) is 19.1. The zero-order valence-corrected chi connectivity index (χ0v) is 14.2. The number of rotatable bonds is 6. The van der Waals surface area contributed by atoms with Crippen molar-refractivity contribution >= 4 is 17.6 Å². The van der Waals surface area contributed by atoms with E-state index < -0.39 is 24.3 Å². The van der Waals surface area contributed by atoms with Gasteiger partial charge in [-0.3, -0.25) is 4.79 Å². The van der Waals surface area contributed by atoms with Crippen LogP contribution in [-0.2, 0) is 9.53 Å². The molecular weight excluding hydrogens is 349 g/mol. The van der Waals surface area contributed by atoms with E-state index in [0.717, 1.165) is 12.1 Å². The molecule has 0 atom stereocenters. The SMILES string of the molecule is O=C(COC(=O)c1ccc(F)cc1)Nc1ccc(Oc2ccccc2)cc1. The smallest absolute Gasteiger partial charge is 0.338 e. The van der Waals surface area contributed by atoms with Gasteiger partial charge in [0.1, 0.15) is 17.3 Å². The maximum absolute atomic E-state index is 12.8. The van der Waals surface area contributed by atoms with Gasteiger partial charge in [-0.15, -0.1) is 0 Å². The van der Waals surface area contributed by atoms with Gasteiger partial charge in [0.25, 0.3) is 5.91 Å². The Bertz CT molecular complexity index is 909. The lowest BCUT2D eigenvalue weighted by Crippen LogP contribution is -2.20. The van der Waals surface area contributed by atoms with Crippen molar-refractivity contribution in [3.8, 4) is 11.5 Å². The third kappa shape index (κ3) is 5.40. The van der Waals surface area contributed by atoms with Crippen molar-refractivity contribution in [3.05, 3.63) is 90.2 Å². The Morgan fingerprint density at radius 2 is 1.44 bits per heavy atom. The zero-order valence-electron chi connectivity index (χ0n) is 14.2. The molecule has 0 aliphatic heterocycles. The van der Waals surface area contributed by atoms with E-state index in [1.165, 1.54) is 12.1 Å². The summed E-state index contributed by atoms with van der Waals surface area (Å²) >= 11 is 0. The lowest BCUT2D eigenvalue weighted by Gasteiger charge is -2.08. The number of para-hydroxylation sites is 1. The summed E-state index contributed by atoms with van der Waals surface area (Å²) in [6, 6.07) is 21.0. The quantitative estimate of drug-likeness (QED) is 0.657. The van der Waals surface area contributed by atoms with Crippen LogP contribution in [0.5, 0.6) is 11.5 Å². The predicted octanol–water partition coefficient (Wildman–Crippen LogP) is 4.41.